The fourth-order valence-corrected chi connectivity index (χ4v) is 12.2. The van der Waals surface area contributed by atoms with Crippen LogP contribution in [0.5, 0.6) is 0 Å². The first-order valence-corrected chi connectivity index (χ1v) is 25.1. The first-order valence-electron chi connectivity index (χ1n) is 25.1. The lowest BCUT2D eigenvalue weighted by atomic mass is 9.79. The second kappa shape index (κ2) is 16.8. The van der Waals surface area contributed by atoms with Gasteiger partial charge in [-0.1, -0.05) is 255 Å². The van der Waals surface area contributed by atoms with Crippen molar-refractivity contribution in [3.63, 3.8) is 0 Å². The van der Waals surface area contributed by atoms with E-state index in [0.29, 0.717) is 0 Å². The molecule has 1 atom stereocenters. The number of aromatic nitrogens is 2. The van der Waals surface area contributed by atoms with Gasteiger partial charge in [0.15, 0.2) is 0 Å². The number of rotatable bonds is 7. The van der Waals surface area contributed by atoms with Gasteiger partial charge in [-0.15, -0.1) is 0 Å². The van der Waals surface area contributed by atoms with Crippen LogP contribution < -0.4 is 0 Å². The molecule has 0 aliphatic carbocycles. The Balaban J connectivity index is 0.965. The number of fused-ring (bicyclic) bond motifs is 7. The Morgan fingerprint density at radius 2 is 0.708 bits per heavy atom. The van der Waals surface area contributed by atoms with Gasteiger partial charge in [0.25, 0.3) is 0 Å². The quantitative estimate of drug-likeness (QED) is 0.146. The maximum atomic E-state index is 5.56. The minimum Gasteiger partial charge on any atom is -0.313 e. The van der Waals surface area contributed by atoms with E-state index in [0.717, 1.165) is 34.8 Å². The highest BCUT2D eigenvalue weighted by Crippen LogP contribution is 2.51. The van der Waals surface area contributed by atoms with Crippen LogP contribution >= 0.6 is 0 Å². The summed E-state index contributed by atoms with van der Waals surface area (Å²) in [5.41, 5.74) is 17.6. The molecule has 2 heteroatoms. The first-order chi connectivity index (χ1) is 35.6. The predicted molar refractivity (Wildman–Crippen MR) is 303 cm³/mol. The third kappa shape index (κ3) is 6.53. The fourth-order valence-electron chi connectivity index (χ4n) is 12.2. The van der Waals surface area contributed by atoms with E-state index in [-0.39, 0.29) is 0 Å². The van der Waals surface area contributed by atoms with Crippen molar-refractivity contribution in [3.05, 3.63) is 272 Å². The number of hydrogen-bond donors (Lipinski definition) is 0. The van der Waals surface area contributed by atoms with Crippen molar-refractivity contribution in [2.45, 2.75) is 18.9 Å². The molecule has 2 nitrogen and oxygen atoms in total. The van der Waals surface area contributed by atoms with Crippen molar-refractivity contribution in [2.24, 2.45) is 0 Å². The molecule has 1 aliphatic rings. The third-order valence-electron chi connectivity index (χ3n) is 15.4. The summed E-state index contributed by atoms with van der Waals surface area (Å²) in [7, 11) is 0. The maximum absolute atomic E-state index is 5.56. The number of benzene rings is 12. The largest absolute Gasteiger partial charge is 0.313 e. The molecule has 12 aromatic carbocycles. The smallest absolute Gasteiger partial charge is 0.142 e. The Bertz CT molecular complexity index is 4150. The third-order valence-corrected chi connectivity index (χ3v) is 15.4. The molecule has 2 heterocycles. The van der Waals surface area contributed by atoms with Crippen molar-refractivity contribution in [1.29, 1.82) is 0 Å². The molecule has 0 fully saturated rings. The number of hydrogen-bond acceptors (Lipinski definition) is 1. The Labute approximate surface area is 419 Å². The highest BCUT2D eigenvalue weighted by Gasteiger charge is 2.40. The van der Waals surface area contributed by atoms with Gasteiger partial charge < -0.3 is 4.57 Å². The van der Waals surface area contributed by atoms with Crippen LogP contribution in [0.15, 0.2) is 261 Å². The van der Waals surface area contributed by atoms with Crippen LogP contribution in [-0.2, 0) is 12.0 Å². The van der Waals surface area contributed by atoms with E-state index >= 15 is 0 Å². The lowest BCUT2D eigenvalue weighted by Crippen LogP contribution is -2.38. The van der Waals surface area contributed by atoms with Gasteiger partial charge in [-0.05, 0) is 112 Å². The molecule has 0 N–H and O–H groups in total. The predicted octanol–water partition coefficient (Wildman–Crippen LogP) is 18.5. The lowest BCUT2D eigenvalue weighted by molar-refractivity contribution is 0.388. The molecule has 0 saturated carbocycles. The number of imidazole rings is 1. The Morgan fingerprint density at radius 1 is 0.333 bits per heavy atom. The average Bonchev–Trinajstić information content (AvgIpc) is 3.87. The van der Waals surface area contributed by atoms with Gasteiger partial charge in [-0.25, -0.2) is 4.98 Å². The summed E-state index contributed by atoms with van der Waals surface area (Å²) in [5, 5.41) is 9.95. The second-order valence-electron chi connectivity index (χ2n) is 19.5. The molecule has 338 valence electrons. The van der Waals surface area contributed by atoms with E-state index in [1.807, 2.05) is 0 Å². The van der Waals surface area contributed by atoms with Gasteiger partial charge in [0, 0.05) is 23.1 Å². The Hall–Kier alpha value is -9.11. The molecule has 13 aromatic rings. The van der Waals surface area contributed by atoms with Gasteiger partial charge >= 0.3 is 0 Å². The highest BCUT2D eigenvalue weighted by molar-refractivity contribution is 6.25. The molecule has 14 rings (SSSR count). The van der Waals surface area contributed by atoms with E-state index in [4.69, 9.17) is 4.98 Å². The van der Waals surface area contributed by atoms with Gasteiger partial charge in [-0.2, -0.15) is 0 Å². The molecule has 0 bridgehead atoms. The Morgan fingerprint density at radius 3 is 1.22 bits per heavy atom. The first kappa shape index (κ1) is 41.8. The summed E-state index contributed by atoms with van der Waals surface area (Å²) in [6.45, 7) is 2.41. The molecular formula is C70H48N2. The van der Waals surface area contributed by atoms with E-state index in [1.54, 1.807) is 0 Å². The van der Waals surface area contributed by atoms with Gasteiger partial charge in [-0.3, -0.25) is 0 Å². The zero-order valence-electron chi connectivity index (χ0n) is 39.9. The minimum absolute atomic E-state index is 0.443. The monoisotopic (exact) mass is 916 g/mol. The Kier molecular flexibility index (Phi) is 9.76. The van der Waals surface area contributed by atoms with E-state index in [9.17, 15) is 0 Å². The van der Waals surface area contributed by atoms with Crippen LogP contribution in [0.2, 0.25) is 0 Å². The molecule has 0 saturated heterocycles. The molecule has 1 aliphatic heterocycles. The zero-order valence-corrected chi connectivity index (χ0v) is 39.9. The van der Waals surface area contributed by atoms with Crippen LogP contribution in [0, 0.1) is 0 Å². The summed E-state index contributed by atoms with van der Waals surface area (Å²) in [5.74, 6) is 1.00. The van der Waals surface area contributed by atoms with Gasteiger partial charge in [0.05, 0.1) is 16.9 Å². The summed E-state index contributed by atoms with van der Waals surface area (Å²) in [4.78, 5) is 5.56. The fraction of sp³-hybridized carbons (Fsp3) is 0.0429. The molecule has 1 unspecified atom stereocenters. The summed E-state index contributed by atoms with van der Waals surface area (Å²) in [6.07, 6.45) is 0.834. The lowest BCUT2D eigenvalue weighted by Gasteiger charge is -2.39. The summed E-state index contributed by atoms with van der Waals surface area (Å²) < 4.78 is 2.54. The zero-order chi connectivity index (χ0) is 47.8. The number of nitrogens with zero attached hydrogens (tertiary/aromatic N) is 2. The molecule has 0 spiro atoms. The van der Waals surface area contributed by atoms with E-state index < -0.39 is 5.54 Å². The molecule has 0 amide bonds. The second-order valence-corrected chi connectivity index (χ2v) is 19.5. The molecule has 72 heavy (non-hydrogen) atoms. The molecular weight excluding hydrogens is 869 g/mol. The average molecular weight is 917 g/mol. The van der Waals surface area contributed by atoms with Crippen molar-refractivity contribution in [3.8, 4) is 78.4 Å². The standard InChI is InChI=1S/C70H48N2/c1-70(45-52-30-14-15-31-54(52)69-71-67(49-26-10-4-11-27-49)68(72(69)70)50-28-12-5-13-29-50)53-41-38-48(39-42-53)64-56-33-17-20-36-59(56)66(60-37-21-18-34-57(60)64)51-40-43-61-62(44-51)65(47-24-8-3-9-25-47)58-35-19-16-32-55(58)63(61)46-22-6-2-7-23-46/h2-44H,45H2,1H3. The van der Waals surface area contributed by atoms with Crippen LogP contribution in [-0.4, -0.2) is 9.55 Å². The van der Waals surface area contributed by atoms with E-state index in [2.05, 4.69) is 272 Å². The van der Waals surface area contributed by atoms with Crippen LogP contribution in [0.25, 0.3) is 122 Å². The van der Waals surface area contributed by atoms with Crippen molar-refractivity contribution in [2.75, 3.05) is 0 Å². The topological polar surface area (TPSA) is 17.8 Å². The highest BCUT2D eigenvalue weighted by atomic mass is 15.2. The minimum atomic E-state index is -0.443. The van der Waals surface area contributed by atoms with Gasteiger partial charge in [0.2, 0.25) is 0 Å². The normalized spacial score (nSPS) is 14.2. The van der Waals surface area contributed by atoms with Crippen molar-refractivity contribution >= 4 is 43.1 Å². The van der Waals surface area contributed by atoms with Crippen molar-refractivity contribution in [1.82, 2.24) is 9.55 Å². The van der Waals surface area contributed by atoms with Crippen LogP contribution in [0.4, 0.5) is 0 Å². The molecule has 1 aromatic heterocycles. The van der Waals surface area contributed by atoms with E-state index in [1.165, 1.54) is 104 Å². The van der Waals surface area contributed by atoms with Gasteiger partial charge in [0.1, 0.15) is 5.82 Å². The summed E-state index contributed by atoms with van der Waals surface area (Å²) >= 11 is 0. The summed E-state index contributed by atoms with van der Waals surface area (Å²) in [6, 6.07) is 95.9. The van der Waals surface area contributed by atoms with Crippen LogP contribution in [0.3, 0.4) is 0 Å². The SMILES string of the molecule is CC1(c2ccc(-c3c4ccccc4c(-c4ccc5c(-c6ccccc6)c6ccccc6c(-c6ccccc6)c5c4)c4ccccc34)cc2)Cc2ccccc2-c2nc(-c3ccccc3)c(-c3ccccc3)n21. The maximum Gasteiger partial charge on any atom is 0.142 e. The van der Waals surface area contributed by atoms with Crippen LogP contribution in [0.1, 0.15) is 18.1 Å². The molecule has 0 radical (unpaired) electrons. The van der Waals surface area contributed by atoms with Crippen molar-refractivity contribution < 1.29 is 0 Å².